The third-order valence-electron chi connectivity index (χ3n) is 2.48. The summed E-state index contributed by atoms with van der Waals surface area (Å²) in [5.41, 5.74) is 2.69. The van der Waals surface area contributed by atoms with Gasteiger partial charge in [-0.15, -0.1) is 16.2 Å². The molecular formula is C12H11Cl2N3O3S2. The van der Waals surface area contributed by atoms with Crippen LogP contribution in [0.15, 0.2) is 28.5 Å². The van der Waals surface area contributed by atoms with Crippen LogP contribution in [0.5, 0.6) is 0 Å². The van der Waals surface area contributed by atoms with Crippen LogP contribution in [-0.4, -0.2) is 19.3 Å². The molecule has 0 aliphatic carbocycles. The summed E-state index contributed by atoms with van der Waals surface area (Å²) in [5, 5.41) is 2.92. The molecule has 0 saturated carbocycles. The average Bonchev–Trinajstić information content (AvgIpc) is 2.81. The highest BCUT2D eigenvalue weighted by Crippen LogP contribution is 2.21. The van der Waals surface area contributed by atoms with Crippen molar-refractivity contribution in [2.45, 2.75) is 18.2 Å². The Hall–Kier alpha value is -1.19. The van der Waals surface area contributed by atoms with E-state index in [1.165, 1.54) is 29.5 Å². The first-order chi connectivity index (χ1) is 10.3. The van der Waals surface area contributed by atoms with Gasteiger partial charge in [0, 0.05) is 15.4 Å². The number of hydrazine groups is 1. The summed E-state index contributed by atoms with van der Waals surface area (Å²) in [7, 11) is -3.96. The van der Waals surface area contributed by atoms with Crippen molar-refractivity contribution in [3.63, 3.8) is 0 Å². The Morgan fingerprint density at radius 3 is 2.45 bits per heavy atom. The van der Waals surface area contributed by atoms with E-state index in [0.29, 0.717) is 5.69 Å². The lowest BCUT2D eigenvalue weighted by Gasteiger charge is -2.08. The van der Waals surface area contributed by atoms with Crippen molar-refractivity contribution >= 4 is 50.5 Å². The molecule has 0 fully saturated rings. The number of sulfonamides is 1. The van der Waals surface area contributed by atoms with Crippen molar-refractivity contribution < 1.29 is 13.2 Å². The monoisotopic (exact) mass is 379 g/mol. The maximum absolute atomic E-state index is 12.0. The van der Waals surface area contributed by atoms with E-state index in [-0.39, 0.29) is 21.4 Å². The van der Waals surface area contributed by atoms with Crippen LogP contribution < -0.4 is 10.3 Å². The highest BCUT2D eigenvalue weighted by molar-refractivity contribution is 7.89. The first-order valence-corrected chi connectivity index (χ1v) is 9.06. The van der Waals surface area contributed by atoms with Gasteiger partial charge in [0.1, 0.15) is 0 Å². The number of benzene rings is 1. The van der Waals surface area contributed by atoms with E-state index in [9.17, 15) is 13.2 Å². The highest BCUT2D eigenvalue weighted by Gasteiger charge is 2.17. The molecule has 1 heterocycles. The number of rotatable bonds is 5. The minimum atomic E-state index is -3.96. The lowest BCUT2D eigenvalue weighted by molar-refractivity contribution is -0.120. The number of hydrogen-bond donors (Lipinski definition) is 2. The van der Waals surface area contributed by atoms with Crippen LogP contribution in [-0.2, 0) is 21.2 Å². The molecule has 118 valence electrons. The van der Waals surface area contributed by atoms with E-state index in [1.54, 1.807) is 5.38 Å². The SMILES string of the molecule is Cc1nc(CC(=O)NNS(=O)(=O)c2cc(Cl)cc(Cl)c2)cs1. The van der Waals surface area contributed by atoms with Crippen LogP contribution in [0, 0.1) is 6.92 Å². The molecule has 22 heavy (non-hydrogen) atoms. The van der Waals surface area contributed by atoms with Crippen LogP contribution >= 0.6 is 34.5 Å². The number of amides is 1. The lowest BCUT2D eigenvalue weighted by Crippen LogP contribution is -2.42. The number of nitrogens with zero attached hydrogens (tertiary/aromatic N) is 1. The molecule has 0 unspecified atom stereocenters. The van der Waals surface area contributed by atoms with Crippen LogP contribution in [0.4, 0.5) is 0 Å². The largest absolute Gasteiger partial charge is 0.277 e. The van der Waals surface area contributed by atoms with Gasteiger partial charge in [-0.1, -0.05) is 23.2 Å². The molecule has 0 spiro atoms. The van der Waals surface area contributed by atoms with Gasteiger partial charge in [0.05, 0.1) is 22.0 Å². The standard InChI is InChI=1S/C12H11Cl2N3O3S2/c1-7-15-10(6-21-7)5-12(18)16-17-22(19,20)11-3-8(13)2-9(14)4-11/h2-4,6,17H,5H2,1H3,(H,16,18). The first kappa shape index (κ1) is 17.2. The first-order valence-electron chi connectivity index (χ1n) is 5.94. The average molecular weight is 380 g/mol. The zero-order chi connectivity index (χ0) is 16.3. The Kier molecular flexibility index (Phi) is 5.41. The summed E-state index contributed by atoms with van der Waals surface area (Å²) in [6.07, 6.45) is -0.0246. The van der Waals surface area contributed by atoms with Crippen LogP contribution in [0.3, 0.4) is 0 Å². The summed E-state index contributed by atoms with van der Waals surface area (Å²) < 4.78 is 24.1. The molecule has 6 nitrogen and oxygen atoms in total. The Bertz CT molecular complexity index is 785. The summed E-state index contributed by atoms with van der Waals surface area (Å²) in [6, 6.07) is 3.86. The molecule has 1 aromatic heterocycles. The minimum Gasteiger partial charge on any atom is -0.277 e. The molecule has 2 N–H and O–H groups in total. The van der Waals surface area contributed by atoms with Gasteiger partial charge < -0.3 is 0 Å². The predicted octanol–water partition coefficient (Wildman–Crippen LogP) is 2.31. The zero-order valence-electron chi connectivity index (χ0n) is 11.3. The van der Waals surface area contributed by atoms with E-state index in [2.05, 4.69) is 10.4 Å². The van der Waals surface area contributed by atoms with Crippen molar-refractivity contribution in [1.82, 2.24) is 15.2 Å². The second-order valence-electron chi connectivity index (χ2n) is 4.29. The van der Waals surface area contributed by atoms with E-state index < -0.39 is 15.9 Å². The molecule has 0 radical (unpaired) electrons. The van der Waals surface area contributed by atoms with Crippen LogP contribution in [0.1, 0.15) is 10.7 Å². The summed E-state index contributed by atoms with van der Waals surface area (Å²) in [6.45, 7) is 1.82. The minimum absolute atomic E-state index is 0.0246. The summed E-state index contributed by atoms with van der Waals surface area (Å²) in [4.78, 5) is 17.7. The molecule has 2 rings (SSSR count). The van der Waals surface area contributed by atoms with Crippen molar-refractivity contribution in [2.24, 2.45) is 0 Å². The second-order valence-corrected chi connectivity index (χ2v) is 7.91. The van der Waals surface area contributed by atoms with Gasteiger partial charge in [0.15, 0.2) is 0 Å². The van der Waals surface area contributed by atoms with E-state index in [1.807, 2.05) is 11.8 Å². The predicted molar refractivity (Wildman–Crippen MR) is 85.5 cm³/mol. The van der Waals surface area contributed by atoms with E-state index >= 15 is 0 Å². The Labute approximate surface area is 141 Å². The van der Waals surface area contributed by atoms with Gasteiger partial charge >= 0.3 is 0 Å². The van der Waals surface area contributed by atoms with Crippen molar-refractivity contribution in [3.05, 3.63) is 44.3 Å². The summed E-state index contributed by atoms with van der Waals surface area (Å²) >= 11 is 12.9. The van der Waals surface area contributed by atoms with E-state index in [0.717, 1.165) is 5.01 Å². The number of hydrogen-bond acceptors (Lipinski definition) is 5. The fourth-order valence-corrected chi connectivity index (χ4v) is 3.76. The Morgan fingerprint density at radius 2 is 1.91 bits per heavy atom. The number of thiazole rings is 1. The molecule has 0 saturated heterocycles. The third-order valence-corrected chi connectivity index (χ3v) is 4.97. The van der Waals surface area contributed by atoms with Crippen LogP contribution in [0.25, 0.3) is 0 Å². The Balaban J connectivity index is 2.01. The topological polar surface area (TPSA) is 88.2 Å². The number of aromatic nitrogens is 1. The van der Waals surface area contributed by atoms with Gasteiger partial charge in [-0.3, -0.25) is 10.2 Å². The van der Waals surface area contributed by atoms with Gasteiger partial charge in [0.2, 0.25) is 5.91 Å². The van der Waals surface area contributed by atoms with E-state index in [4.69, 9.17) is 23.2 Å². The number of nitrogens with one attached hydrogen (secondary N) is 2. The fraction of sp³-hybridized carbons (Fsp3) is 0.167. The number of carbonyl (C=O) groups excluding carboxylic acids is 1. The molecule has 0 atom stereocenters. The van der Waals surface area contributed by atoms with Gasteiger partial charge in [-0.05, 0) is 25.1 Å². The molecule has 0 aliphatic heterocycles. The maximum Gasteiger partial charge on any atom is 0.257 e. The zero-order valence-corrected chi connectivity index (χ0v) is 14.4. The van der Waals surface area contributed by atoms with Crippen molar-refractivity contribution in [1.29, 1.82) is 0 Å². The highest BCUT2D eigenvalue weighted by atomic mass is 35.5. The molecular weight excluding hydrogens is 369 g/mol. The molecule has 0 bridgehead atoms. The maximum atomic E-state index is 12.0. The van der Waals surface area contributed by atoms with Gasteiger partial charge in [-0.25, -0.2) is 13.4 Å². The smallest absolute Gasteiger partial charge is 0.257 e. The molecule has 0 aliphatic rings. The van der Waals surface area contributed by atoms with Crippen molar-refractivity contribution in [3.8, 4) is 0 Å². The normalized spacial score (nSPS) is 11.4. The van der Waals surface area contributed by atoms with Crippen molar-refractivity contribution in [2.75, 3.05) is 0 Å². The quantitative estimate of drug-likeness (QED) is 0.780. The number of halogens is 2. The molecule has 1 amide bonds. The third kappa shape index (κ3) is 4.65. The number of aryl methyl sites for hydroxylation is 1. The summed E-state index contributed by atoms with van der Waals surface area (Å²) in [5.74, 6) is -0.526. The van der Waals surface area contributed by atoms with Gasteiger partial charge in [-0.2, -0.15) is 0 Å². The Morgan fingerprint density at radius 1 is 1.27 bits per heavy atom. The number of carbonyl (C=O) groups is 1. The van der Waals surface area contributed by atoms with Crippen LogP contribution in [0.2, 0.25) is 10.0 Å². The lowest BCUT2D eigenvalue weighted by atomic mass is 10.3. The second kappa shape index (κ2) is 6.93. The molecule has 10 heteroatoms. The van der Waals surface area contributed by atoms with Gasteiger partial charge in [0.25, 0.3) is 10.0 Å². The fourth-order valence-electron chi connectivity index (χ4n) is 1.56. The molecule has 2 aromatic rings. The molecule has 1 aromatic carbocycles.